The van der Waals surface area contributed by atoms with Crippen molar-refractivity contribution in [2.45, 2.75) is 32.6 Å². The molecule has 0 amide bonds. The van der Waals surface area contributed by atoms with Crippen molar-refractivity contribution in [2.75, 3.05) is 20.2 Å². The summed E-state index contributed by atoms with van der Waals surface area (Å²) in [7, 11) is 1.67. The molecule has 1 aromatic rings. The minimum atomic E-state index is 0.222. The zero-order valence-corrected chi connectivity index (χ0v) is 13.1. The Morgan fingerprint density at radius 1 is 1.30 bits per heavy atom. The topological polar surface area (TPSA) is 33.7 Å². The van der Waals surface area contributed by atoms with Crippen LogP contribution >= 0.6 is 12.2 Å². The number of hydrogen-bond donors (Lipinski definition) is 1. The lowest BCUT2D eigenvalue weighted by molar-refractivity contribution is -0.0482. The van der Waals surface area contributed by atoms with Gasteiger partial charge in [0.1, 0.15) is 5.75 Å². The predicted octanol–water partition coefficient (Wildman–Crippen LogP) is 2.18. The summed E-state index contributed by atoms with van der Waals surface area (Å²) >= 11 is 5.46. The molecule has 1 aromatic carbocycles. The molecule has 1 heterocycles. The van der Waals surface area contributed by atoms with Gasteiger partial charge >= 0.3 is 0 Å². The van der Waals surface area contributed by atoms with E-state index in [1.165, 1.54) is 5.56 Å². The third kappa shape index (κ3) is 4.08. The maximum absolute atomic E-state index is 5.71. The highest BCUT2D eigenvalue weighted by atomic mass is 32.1. The Labute approximate surface area is 126 Å². The molecule has 0 bridgehead atoms. The van der Waals surface area contributed by atoms with Crippen molar-refractivity contribution in [3.8, 4) is 5.75 Å². The summed E-state index contributed by atoms with van der Waals surface area (Å²) in [6.45, 7) is 6.57. The predicted molar refractivity (Wildman–Crippen MR) is 84.0 cm³/mol. The third-order valence-electron chi connectivity index (χ3n) is 3.31. The largest absolute Gasteiger partial charge is 0.497 e. The van der Waals surface area contributed by atoms with Gasteiger partial charge in [0.2, 0.25) is 0 Å². The maximum atomic E-state index is 5.71. The number of rotatable bonds is 3. The van der Waals surface area contributed by atoms with Crippen LogP contribution in [0.1, 0.15) is 19.4 Å². The average molecular weight is 294 g/mol. The summed E-state index contributed by atoms with van der Waals surface area (Å²) in [5.74, 6) is 0.868. The van der Waals surface area contributed by atoms with Crippen LogP contribution in [-0.2, 0) is 11.3 Å². The lowest BCUT2D eigenvalue weighted by Gasteiger charge is -2.36. The van der Waals surface area contributed by atoms with Gasteiger partial charge in [0.15, 0.2) is 5.11 Å². The summed E-state index contributed by atoms with van der Waals surface area (Å²) in [6, 6.07) is 8.00. The highest BCUT2D eigenvalue weighted by molar-refractivity contribution is 7.80. The molecule has 0 radical (unpaired) electrons. The quantitative estimate of drug-likeness (QED) is 0.864. The van der Waals surface area contributed by atoms with Crippen LogP contribution in [0.3, 0.4) is 0 Å². The fourth-order valence-corrected chi connectivity index (χ4v) is 2.60. The lowest BCUT2D eigenvalue weighted by Crippen LogP contribution is -2.51. The van der Waals surface area contributed by atoms with Gasteiger partial charge in [0, 0.05) is 19.6 Å². The van der Waals surface area contributed by atoms with Crippen molar-refractivity contribution in [2.24, 2.45) is 0 Å². The Bertz CT molecular complexity index is 440. The summed E-state index contributed by atoms with van der Waals surface area (Å²) in [6.07, 6.45) is 0.443. The SMILES string of the molecule is COc1ccc(CNC(=S)N2C[C@@H](C)O[C@H](C)C2)cc1. The third-order valence-corrected chi connectivity index (χ3v) is 3.71. The Hall–Kier alpha value is -1.33. The molecule has 1 aliphatic rings. The number of ether oxygens (including phenoxy) is 2. The molecule has 5 heteroatoms. The summed E-state index contributed by atoms with van der Waals surface area (Å²) in [5.41, 5.74) is 1.18. The minimum absolute atomic E-state index is 0.222. The first-order valence-corrected chi connectivity index (χ1v) is 7.30. The smallest absolute Gasteiger partial charge is 0.169 e. The van der Waals surface area contributed by atoms with Gasteiger partial charge in [-0.25, -0.2) is 0 Å². The number of thiocarbonyl (C=S) groups is 1. The van der Waals surface area contributed by atoms with Crippen LogP contribution in [0.4, 0.5) is 0 Å². The summed E-state index contributed by atoms with van der Waals surface area (Å²) in [5, 5.41) is 4.10. The minimum Gasteiger partial charge on any atom is -0.497 e. The molecular weight excluding hydrogens is 272 g/mol. The molecule has 0 saturated carbocycles. The van der Waals surface area contributed by atoms with E-state index in [9.17, 15) is 0 Å². The highest BCUT2D eigenvalue weighted by Gasteiger charge is 2.23. The van der Waals surface area contributed by atoms with Crippen LogP contribution in [0.2, 0.25) is 0 Å². The van der Waals surface area contributed by atoms with Crippen LogP contribution in [-0.4, -0.2) is 42.4 Å². The summed E-state index contributed by atoms with van der Waals surface area (Å²) in [4.78, 5) is 2.18. The first kappa shape index (κ1) is 15.1. The molecule has 1 aliphatic heterocycles. The number of methoxy groups -OCH3 is 1. The highest BCUT2D eigenvalue weighted by Crippen LogP contribution is 2.13. The molecule has 2 rings (SSSR count). The second kappa shape index (κ2) is 6.90. The Balaban J connectivity index is 1.84. The molecule has 0 spiro atoms. The van der Waals surface area contributed by atoms with E-state index in [0.29, 0.717) is 0 Å². The van der Waals surface area contributed by atoms with Crippen LogP contribution in [0, 0.1) is 0 Å². The van der Waals surface area contributed by atoms with Crippen molar-refractivity contribution < 1.29 is 9.47 Å². The van der Waals surface area contributed by atoms with E-state index in [1.54, 1.807) is 7.11 Å². The van der Waals surface area contributed by atoms with Gasteiger partial charge in [-0.1, -0.05) is 12.1 Å². The molecule has 0 unspecified atom stereocenters. The van der Waals surface area contributed by atoms with Gasteiger partial charge < -0.3 is 19.7 Å². The van der Waals surface area contributed by atoms with E-state index in [2.05, 4.69) is 24.1 Å². The van der Waals surface area contributed by atoms with Gasteiger partial charge in [-0.05, 0) is 43.8 Å². The van der Waals surface area contributed by atoms with E-state index >= 15 is 0 Å². The van der Waals surface area contributed by atoms with Gasteiger partial charge in [-0.3, -0.25) is 0 Å². The molecular formula is C15H22N2O2S. The molecule has 0 aromatic heterocycles. The molecule has 1 fully saturated rings. The first-order valence-electron chi connectivity index (χ1n) is 6.89. The van der Waals surface area contributed by atoms with Gasteiger partial charge in [-0.2, -0.15) is 0 Å². The summed E-state index contributed by atoms with van der Waals surface area (Å²) < 4.78 is 10.9. The molecule has 0 aliphatic carbocycles. The standard InChI is InChI=1S/C15H22N2O2S/c1-11-9-17(10-12(2)19-11)15(20)16-8-13-4-6-14(18-3)7-5-13/h4-7,11-12H,8-10H2,1-3H3,(H,16,20)/t11-,12-/m1/s1. The Morgan fingerprint density at radius 2 is 1.90 bits per heavy atom. The van der Waals surface area contributed by atoms with E-state index in [0.717, 1.165) is 30.5 Å². The molecule has 1 saturated heterocycles. The van der Waals surface area contributed by atoms with Crippen LogP contribution in [0.25, 0.3) is 0 Å². The molecule has 20 heavy (non-hydrogen) atoms. The number of nitrogens with one attached hydrogen (secondary N) is 1. The van der Waals surface area contributed by atoms with Gasteiger partial charge in [0.25, 0.3) is 0 Å². The van der Waals surface area contributed by atoms with Crippen molar-refractivity contribution in [1.29, 1.82) is 0 Å². The number of hydrogen-bond acceptors (Lipinski definition) is 3. The molecule has 2 atom stereocenters. The zero-order chi connectivity index (χ0) is 14.5. The number of nitrogens with zero attached hydrogens (tertiary/aromatic N) is 1. The second-order valence-corrected chi connectivity index (χ2v) is 5.56. The van der Waals surface area contributed by atoms with E-state index < -0.39 is 0 Å². The number of morpholine rings is 1. The zero-order valence-electron chi connectivity index (χ0n) is 12.3. The molecule has 110 valence electrons. The first-order chi connectivity index (χ1) is 9.58. The van der Waals surface area contributed by atoms with Crippen molar-refractivity contribution in [3.05, 3.63) is 29.8 Å². The molecule has 1 N–H and O–H groups in total. The van der Waals surface area contributed by atoms with Crippen LogP contribution in [0.5, 0.6) is 5.75 Å². The fraction of sp³-hybridized carbons (Fsp3) is 0.533. The maximum Gasteiger partial charge on any atom is 0.169 e. The van der Waals surface area contributed by atoms with E-state index in [4.69, 9.17) is 21.7 Å². The Morgan fingerprint density at radius 3 is 2.45 bits per heavy atom. The monoisotopic (exact) mass is 294 g/mol. The normalized spacial score (nSPS) is 22.4. The lowest BCUT2D eigenvalue weighted by atomic mass is 10.2. The van der Waals surface area contributed by atoms with Crippen LogP contribution in [0.15, 0.2) is 24.3 Å². The van der Waals surface area contributed by atoms with E-state index in [-0.39, 0.29) is 12.2 Å². The van der Waals surface area contributed by atoms with Crippen LogP contribution < -0.4 is 10.1 Å². The van der Waals surface area contributed by atoms with E-state index in [1.807, 2.05) is 24.3 Å². The van der Waals surface area contributed by atoms with Gasteiger partial charge in [0.05, 0.1) is 19.3 Å². The number of benzene rings is 1. The van der Waals surface area contributed by atoms with Crippen molar-refractivity contribution >= 4 is 17.3 Å². The van der Waals surface area contributed by atoms with Crippen molar-refractivity contribution in [1.82, 2.24) is 10.2 Å². The fourth-order valence-electron chi connectivity index (χ4n) is 2.38. The van der Waals surface area contributed by atoms with Gasteiger partial charge in [-0.15, -0.1) is 0 Å². The van der Waals surface area contributed by atoms with Crippen molar-refractivity contribution in [3.63, 3.8) is 0 Å². The second-order valence-electron chi connectivity index (χ2n) is 5.17. The average Bonchev–Trinajstić information content (AvgIpc) is 2.44. The Kier molecular flexibility index (Phi) is 5.20. The molecule has 4 nitrogen and oxygen atoms in total.